The minimum Gasteiger partial charge on any atom is -0.366 e. The molecule has 160 valence electrons. The van der Waals surface area contributed by atoms with Crippen LogP contribution < -0.4 is 15.6 Å². The van der Waals surface area contributed by atoms with Crippen molar-refractivity contribution >= 4 is 29.1 Å². The predicted octanol–water partition coefficient (Wildman–Crippen LogP) is 1.65. The summed E-state index contributed by atoms with van der Waals surface area (Å²) in [4.78, 5) is 39.0. The van der Waals surface area contributed by atoms with Gasteiger partial charge in [-0.1, -0.05) is 29.8 Å². The second-order valence-corrected chi connectivity index (χ2v) is 7.41. The number of ether oxygens (including phenoxy) is 1. The monoisotopic (exact) mass is 443 g/mol. The number of aromatic amines is 1. The molecule has 2 amide bonds. The van der Waals surface area contributed by atoms with Crippen LogP contribution in [0.5, 0.6) is 0 Å². The SMILES string of the molecule is O=C(CC1OCCN(Cc2c(=O)o[nH][n+]2-c2ccccc2)C1=O)Nc1ccc(Cl)cc1. The van der Waals surface area contributed by atoms with Gasteiger partial charge in [0.05, 0.1) is 13.0 Å². The summed E-state index contributed by atoms with van der Waals surface area (Å²) < 4.78 is 11.9. The third-order valence-corrected chi connectivity index (χ3v) is 5.11. The fourth-order valence-electron chi connectivity index (χ4n) is 3.30. The van der Waals surface area contributed by atoms with E-state index in [1.807, 2.05) is 18.2 Å². The normalized spacial score (nSPS) is 16.4. The maximum atomic E-state index is 12.9. The molecule has 0 aliphatic carbocycles. The molecule has 10 heteroatoms. The van der Waals surface area contributed by atoms with E-state index in [1.165, 1.54) is 9.58 Å². The third kappa shape index (κ3) is 4.84. The first-order valence-electron chi connectivity index (χ1n) is 9.65. The molecule has 1 atom stereocenters. The van der Waals surface area contributed by atoms with Crippen LogP contribution in [0.1, 0.15) is 12.1 Å². The minimum absolute atomic E-state index is 0.0260. The van der Waals surface area contributed by atoms with E-state index in [0.717, 1.165) is 0 Å². The topological polar surface area (TPSA) is 109 Å². The molecule has 2 aromatic carbocycles. The molecule has 1 aromatic heterocycles. The van der Waals surface area contributed by atoms with Gasteiger partial charge in [-0.2, -0.15) is 0 Å². The molecule has 1 aliphatic heterocycles. The van der Waals surface area contributed by atoms with Crippen LogP contribution in [0.4, 0.5) is 5.69 Å². The number of halogens is 1. The van der Waals surface area contributed by atoms with Gasteiger partial charge in [0, 0.05) is 29.4 Å². The van der Waals surface area contributed by atoms with Gasteiger partial charge in [-0.15, -0.1) is 0 Å². The number of para-hydroxylation sites is 1. The Morgan fingerprint density at radius 2 is 1.90 bits per heavy atom. The summed E-state index contributed by atoms with van der Waals surface area (Å²) in [5, 5.41) is 5.83. The molecule has 0 radical (unpaired) electrons. The second-order valence-electron chi connectivity index (χ2n) is 6.98. The summed E-state index contributed by atoms with van der Waals surface area (Å²) in [6.07, 6.45) is -1.07. The number of carbonyl (C=O) groups excluding carboxylic acids is 2. The van der Waals surface area contributed by atoms with Gasteiger partial charge in [-0.25, -0.2) is 4.79 Å². The molecule has 1 fully saturated rings. The number of carbonyl (C=O) groups is 2. The van der Waals surface area contributed by atoms with Crippen LogP contribution in [0.3, 0.4) is 0 Å². The highest BCUT2D eigenvalue weighted by molar-refractivity contribution is 6.30. The number of benzene rings is 2. The number of hydrogen-bond donors (Lipinski definition) is 2. The standard InChI is InChI=1S/C21H19ClN4O5/c22-14-6-8-15(9-7-14)23-19(27)12-18-20(28)25(10-11-30-18)13-17-21(29)31-24-26(17)16-4-2-1-3-5-16/h1-9,18H,10-13H2,(H-,23,24,27,29)/p+1. The van der Waals surface area contributed by atoms with E-state index in [4.69, 9.17) is 20.9 Å². The van der Waals surface area contributed by atoms with Crippen molar-refractivity contribution in [3.05, 3.63) is 75.7 Å². The van der Waals surface area contributed by atoms with Gasteiger partial charge >= 0.3 is 11.3 Å². The summed E-state index contributed by atoms with van der Waals surface area (Å²) >= 11 is 5.84. The Morgan fingerprint density at radius 1 is 1.16 bits per heavy atom. The Labute approximate surface area is 182 Å². The molecule has 9 nitrogen and oxygen atoms in total. The number of nitrogens with zero attached hydrogens (tertiary/aromatic N) is 2. The summed E-state index contributed by atoms with van der Waals surface area (Å²) in [7, 11) is 0. The van der Waals surface area contributed by atoms with Gasteiger partial charge in [0.25, 0.3) is 5.91 Å². The van der Waals surface area contributed by atoms with Crippen LogP contribution in [-0.2, 0) is 20.9 Å². The summed E-state index contributed by atoms with van der Waals surface area (Å²) in [6, 6.07) is 15.8. The van der Waals surface area contributed by atoms with Crippen LogP contribution in [0.25, 0.3) is 5.69 Å². The fraction of sp³-hybridized carbons (Fsp3) is 0.238. The van der Waals surface area contributed by atoms with Gasteiger partial charge < -0.3 is 15.0 Å². The zero-order chi connectivity index (χ0) is 21.8. The lowest BCUT2D eigenvalue weighted by molar-refractivity contribution is -0.678. The molecular weight excluding hydrogens is 424 g/mol. The molecule has 4 rings (SSSR count). The van der Waals surface area contributed by atoms with Crippen molar-refractivity contribution in [1.82, 2.24) is 10.2 Å². The van der Waals surface area contributed by atoms with Crippen LogP contribution in [-0.4, -0.2) is 41.2 Å². The van der Waals surface area contributed by atoms with Crippen LogP contribution in [0, 0.1) is 0 Å². The zero-order valence-electron chi connectivity index (χ0n) is 16.4. The molecule has 0 bridgehead atoms. The quantitative estimate of drug-likeness (QED) is 0.563. The smallest absolute Gasteiger partial charge is 0.366 e. The minimum atomic E-state index is -0.933. The first-order chi connectivity index (χ1) is 15.0. The van der Waals surface area contributed by atoms with Crippen molar-refractivity contribution in [3.8, 4) is 5.69 Å². The third-order valence-electron chi connectivity index (χ3n) is 4.86. The van der Waals surface area contributed by atoms with Crippen LogP contribution in [0.2, 0.25) is 5.02 Å². The van der Waals surface area contributed by atoms with Crippen molar-refractivity contribution in [2.75, 3.05) is 18.5 Å². The number of amides is 2. The molecule has 2 heterocycles. The van der Waals surface area contributed by atoms with E-state index < -0.39 is 11.7 Å². The summed E-state index contributed by atoms with van der Waals surface area (Å²) in [5.74, 6) is -0.722. The van der Waals surface area contributed by atoms with E-state index in [-0.39, 0.29) is 37.1 Å². The van der Waals surface area contributed by atoms with Crippen molar-refractivity contribution in [1.29, 1.82) is 0 Å². The molecule has 31 heavy (non-hydrogen) atoms. The van der Waals surface area contributed by atoms with Gasteiger partial charge in [-0.05, 0) is 34.2 Å². The van der Waals surface area contributed by atoms with Gasteiger partial charge in [0.2, 0.25) is 11.6 Å². The largest absolute Gasteiger partial charge is 0.432 e. The predicted molar refractivity (Wildman–Crippen MR) is 111 cm³/mol. The Bertz CT molecular complexity index is 1130. The number of anilines is 1. The number of H-pyrrole nitrogens is 1. The van der Waals surface area contributed by atoms with Crippen molar-refractivity contribution in [2.45, 2.75) is 19.1 Å². The van der Waals surface area contributed by atoms with E-state index in [9.17, 15) is 14.4 Å². The van der Waals surface area contributed by atoms with Gasteiger partial charge in [-0.3, -0.25) is 14.1 Å². The highest BCUT2D eigenvalue weighted by atomic mass is 35.5. The molecule has 0 spiro atoms. The van der Waals surface area contributed by atoms with Crippen LogP contribution in [0.15, 0.2) is 63.9 Å². The van der Waals surface area contributed by atoms with E-state index in [0.29, 0.717) is 22.9 Å². The number of rotatable bonds is 6. The molecular formula is C21H20ClN4O5+. The number of nitrogens with one attached hydrogen (secondary N) is 2. The van der Waals surface area contributed by atoms with Gasteiger partial charge in [0.15, 0.2) is 0 Å². The van der Waals surface area contributed by atoms with E-state index >= 15 is 0 Å². The lowest BCUT2D eigenvalue weighted by Crippen LogP contribution is -2.51. The Kier molecular flexibility index (Phi) is 6.15. The molecule has 1 unspecified atom stereocenters. The average Bonchev–Trinajstić information content (AvgIpc) is 3.13. The zero-order valence-corrected chi connectivity index (χ0v) is 17.2. The van der Waals surface area contributed by atoms with Crippen LogP contribution >= 0.6 is 11.6 Å². The molecule has 3 aromatic rings. The van der Waals surface area contributed by atoms with E-state index in [2.05, 4.69) is 10.6 Å². The average molecular weight is 444 g/mol. The number of morpholine rings is 1. The lowest BCUT2D eigenvalue weighted by Gasteiger charge is -2.30. The summed E-state index contributed by atoms with van der Waals surface area (Å²) in [6.45, 7) is 0.581. The Balaban J connectivity index is 1.44. The highest BCUT2D eigenvalue weighted by Gasteiger charge is 2.35. The molecule has 0 saturated carbocycles. The second kappa shape index (κ2) is 9.15. The van der Waals surface area contributed by atoms with E-state index in [1.54, 1.807) is 36.4 Å². The van der Waals surface area contributed by atoms with Crippen molar-refractivity contribution < 1.29 is 23.5 Å². The number of hydrogen-bond acceptors (Lipinski definition) is 5. The fourth-order valence-corrected chi connectivity index (χ4v) is 3.43. The highest BCUT2D eigenvalue weighted by Crippen LogP contribution is 2.16. The molecule has 1 saturated heterocycles. The maximum Gasteiger partial charge on any atom is 0.432 e. The Hall–Kier alpha value is -3.43. The first-order valence-corrected chi connectivity index (χ1v) is 10.0. The van der Waals surface area contributed by atoms with Gasteiger partial charge in [0.1, 0.15) is 12.6 Å². The Morgan fingerprint density at radius 3 is 2.65 bits per heavy atom. The van der Waals surface area contributed by atoms with Crippen molar-refractivity contribution in [2.24, 2.45) is 0 Å². The number of aromatic nitrogens is 2. The molecule has 2 N–H and O–H groups in total. The molecule has 1 aliphatic rings. The summed E-state index contributed by atoms with van der Waals surface area (Å²) in [5.41, 5.74) is 0.970. The maximum absolute atomic E-state index is 12.9. The van der Waals surface area contributed by atoms with Crippen molar-refractivity contribution in [3.63, 3.8) is 0 Å². The lowest BCUT2D eigenvalue weighted by atomic mass is 10.1. The first kappa shape index (κ1) is 20.8.